The van der Waals surface area contributed by atoms with Crippen molar-refractivity contribution < 1.29 is 18.7 Å². The number of thioether (sulfide) groups is 1. The summed E-state index contributed by atoms with van der Waals surface area (Å²) in [6.07, 6.45) is -0.733. The number of ether oxygens (including phenoxy) is 2. The van der Waals surface area contributed by atoms with E-state index in [1.54, 1.807) is 13.1 Å². The predicted octanol–water partition coefficient (Wildman–Crippen LogP) is 1.68. The van der Waals surface area contributed by atoms with Gasteiger partial charge in [-0.3, -0.25) is 4.90 Å². The summed E-state index contributed by atoms with van der Waals surface area (Å²) in [6.45, 7) is 2.53. The minimum atomic E-state index is -0.439. The molecule has 24 heavy (non-hydrogen) atoms. The third-order valence-corrected chi connectivity index (χ3v) is 5.61. The molecule has 0 aliphatic carbocycles. The molecule has 1 amide bonds. The summed E-state index contributed by atoms with van der Waals surface area (Å²) in [5.74, 6) is 2.20. The van der Waals surface area contributed by atoms with Gasteiger partial charge in [0.1, 0.15) is 30.3 Å². The van der Waals surface area contributed by atoms with Crippen molar-refractivity contribution in [2.75, 3.05) is 54.6 Å². The fourth-order valence-electron chi connectivity index (χ4n) is 3.46. The van der Waals surface area contributed by atoms with E-state index in [2.05, 4.69) is 5.32 Å². The summed E-state index contributed by atoms with van der Waals surface area (Å²) in [5, 5.41) is 3.01. The maximum absolute atomic E-state index is 14.7. The number of halogens is 1. The van der Waals surface area contributed by atoms with E-state index in [0.717, 1.165) is 24.6 Å². The van der Waals surface area contributed by atoms with Gasteiger partial charge in [0.05, 0.1) is 11.4 Å². The van der Waals surface area contributed by atoms with E-state index >= 15 is 0 Å². The number of benzene rings is 1. The van der Waals surface area contributed by atoms with Crippen LogP contribution in [0.25, 0.3) is 0 Å². The van der Waals surface area contributed by atoms with Crippen LogP contribution in [-0.4, -0.2) is 63.0 Å². The maximum Gasteiger partial charge on any atom is 0.415 e. The number of anilines is 2. The molecule has 1 aromatic carbocycles. The van der Waals surface area contributed by atoms with Gasteiger partial charge in [0.15, 0.2) is 0 Å². The van der Waals surface area contributed by atoms with Gasteiger partial charge >= 0.3 is 6.09 Å². The predicted molar refractivity (Wildman–Crippen MR) is 91.9 cm³/mol. The molecule has 8 heteroatoms. The SMILES string of the molecule is CNC[C@@H]1OC(=O)N2c3cc(F)c(N4CCSCC4)cc3OC[C@@H]12. The van der Waals surface area contributed by atoms with Crippen molar-refractivity contribution >= 4 is 29.2 Å². The first-order valence-electron chi connectivity index (χ1n) is 8.12. The van der Waals surface area contributed by atoms with E-state index in [-0.39, 0.29) is 18.0 Å². The zero-order valence-electron chi connectivity index (χ0n) is 13.5. The standard InChI is InChI=1S/C16H20FN3O3S/c1-18-8-15-13-9-22-14-7-11(19-2-4-24-5-3-19)10(17)6-12(14)20(13)16(21)23-15/h6-7,13,15,18H,2-5,8-9H2,1H3/t13-,15-/m0/s1. The lowest BCUT2D eigenvalue weighted by Crippen LogP contribution is -2.47. The van der Waals surface area contributed by atoms with E-state index in [1.165, 1.54) is 11.0 Å². The van der Waals surface area contributed by atoms with Gasteiger partial charge in [0.25, 0.3) is 0 Å². The number of cyclic esters (lactones) is 1. The van der Waals surface area contributed by atoms with Gasteiger partial charge in [-0.15, -0.1) is 0 Å². The molecule has 2 fully saturated rings. The molecule has 2 saturated heterocycles. The fraction of sp³-hybridized carbons (Fsp3) is 0.562. The normalized spacial score (nSPS) is 25.8. The Bertz CT molecular complexity index is 654. The second-order valence-electron chi connectivity index (χ2n) is 6.10. The molecule has 1 N–H and O–H groups in total. The largest absolute Gasteiger partial charge is 0.489 e. The summed E-state index contributed by atoms with van der Waals surface area (Å²) in [4.78, 5) is 15.8. The number of rotatable bonds is 3. The fourth-order valence-corrected chi connectivity index (χ4v) is 4.37. The molecule has 0 aromatic heterocycles. The van der Waals surface area contributed by atoms with Crippen molar-refractivity contribution in [3.05, 3.63) is 17.9 Å². The van der Waals surface area contributed by atoms with E-state index in [9.17, 15) is 9.18 Å². The molecule has 1 aromatic rings. The molecule has 0 bridgehead atoms. The van der Waals surface area contributed by atoms with Crippen LogP contribution < -0.4 is 19.9 Å². The molecule has 3 heterocycles. The molecule has 0 saturated carbocycles. The van der Waals surface area contributed by atoms with Crippen LogP contribution in [0.15, 0.2) is 12.1 Å². The molecular weight excluding hydrogens is 333 g/mol. The molecular formula is C16H20FN3O3S. The highest BCUT2D eigenvalue weighted by molar-refractivity contribution is 7.99. The Kier molecular flexibility index (Phi) is 4.17. The van der Waals surface area contributed by atoms with Crippen LogP contribution in [0.1, 0.15) is 0 Å². The van der Waals surface area contributed by atoms with E-state index in [1.807, 2.05) is 16.7 Å². The Morgan fingerprint density at radius 3 is 2.88 bits per heavy atom. The third-order valence-electron chi connectivity index (χ3n) is 4.66. The average molecular weight is 353 g/mol. The number of carbonyl (C=O) groups is 1. The summed E-state index contributed by atoms with van der Waals surface area (Å²) in [5.41, 5.74) is 1.01. The number of hydrogen-bond donors (Lipinski definition) is 1. The topological polar surface area (TPSA) is 54.0 Å². The second kappa shape index (κ2) is 6.33. The lowest BCUT2D eigenvalue weighted by atomic mass is 10.1. The van der Waals surface area contributed by atoms with Crippen LogP contribution in [0.3, 0.4) is 0 Å². The first-order chi connectivity index (χ1) is 11.7. The van der Waals surface area contributed by atoms with Crippen molar-refractivity contribution in [2.24, 2.45) is 0 Å². The van der Waals surface area contributed by atoms with Crippen molar-refractivity contribution in [2.45, 2.75) is 12.1 Å². The van der Waals surface area contributed by atoms with E-state index in [4.69, 9.17) is 9.47 Å². The van der Waals surface area contributed by atoms with Crippen molar-refractivity contribution in [1.82, 2.24) is 5.32 Å². The lowest BCUT2D eigenvalue weighted by Gasteiger charge is -2.34. The molecule has 6 nitrogen and oxygen atoms in total. The first kappa shape index (κ1) is 15.8. The number of hydrogen-bond acceptors (Lipinski definition) is 6. The number of nitrogens with zero attached hydrogens (tertiary/aromatic N) is 2. The van der Waals surface area contributed by atoms with Gasteiger partial charge in [-0.05, 0) is 7.05 Å². The summed E-state index contributed by atoms with van der Waals surface area (Å²) in [6, 6.07) is 2.89. The number of carbonyl (C=O) groups excluding carboxylic acids is 1. The number of likely N-dealkylation sites (N-methyl/N-ethyl adjacent to an activating group) is 1. The number of fused-ring (bicyclic) bond motifs is 3. The van der Waals surface area contributed by atoms with E-state index in [0.29, 0.717) is 30.3 Å². The quantitative estimate of drug-likeness (QED) is 0.892. The molecule has 4 rings (SSSR count). The van der Waals surface area contributed by atoms with Gasteiger partial charge in [-0.25, -0.2) is 9.18 Å². The van der Waals surface area contributed by atoms with Crippen molar-refractivity contribution in [3.8, 4) is 5.75 Å². The van der Waals surface area contributed by atoms with Gasteiger partial charge in [0.2, 0.25) is 0 Å². The second-order valence-corrected chi connectivity index (χ2v) is 7.32. The molecule has 0 unspecified atom stereocenters. The van der Waals surface area contributed by atoms with Gasteiger partial charge < -0.3 is 19.7 Å². The third kappa shape index (κ3) is 2.57. The van der Waals surface area contributed by atoms with E-state index < -0.39 is 6.09 Å². The lowest BCUT2D eigenvalue weighted by molar-refractivity contribution is 0.122. The highest BCUT2D eigenvalue weighted by Crippen LogP contribution is 2.42. The minimum absolute atomic E-state index is 0.228. The monoisotopic (exact) mass is 353 g/mol. The zero-order valence-corrected chi connectivity index (χ0v) is 14.3. The molecule has 3 aliphatic rings. The molecule has 0 radical (unpaired) electrons. The first-order valence-corrected chi connectivity index (χ1v) is 9.28. The Labute approximate surface area is 144 Å². The average Bonchev–Trinajstić information content (AvgIpc) is 2.92. The Balaban J connectivity index is 1.66. The Morgan fingerprint density at radius 2 is 2.12 bits per heavy atom. The minimum Gasteiger partial charge on any atom is -0.489 e. The van der Waals surface area contributed by atoms with Crippen molar-refractivity contribution in [3.63, 3.8) is 0 Å². The van der Waals surface area contributed by atoms with Crippen LogP contribution in [-0.2, 0) is 4.74 Å². The summed E-state index contributed by atoms with van der Waals surface area (Å²) < 4.78 is 25.9. The number of nitrogens with one attached hydrogen (secondary N) is 1. The molecule has 130 valence electrons. The summed E-state index contributed by atoms with van der Waals surface area (Å²) in [7, 11) is 1.80. The highest BCUT2D eigenvalue weighted by Gasteiger charge is 2.46. The zero-order chi connectivity index (χ0) is 16.7. The van der Waals surface area contributed by atoms with Crippen LogP contribution >= 0.6 is 11.8 Å². The van der Waals surface area contributed by atoms with Crippen LogP contribution in [0, 0.1) is 5.82 Å². The smallest absolute Gasteiger partial charge is 0.415 e. The molecule has 0 spiro atoms. The Morgan fingerprint density at radius 1 is 1.33 bits per heavy atom. The van der Waals surface area contributed by atoms with Crippen LogP contribution in [0.5, 0.6) is 5.75 Å². The van der Waals surface area contributed by atoms with Gasteiger partial charge in [-0.2, -0.15) is 11.8 Å². The summed E-state index contributed by atoms with van der Waals surface area (Å²) >= 11 is 1.87. The Hall–Kier alpha value is -1.67. The molecule has 3 aliphatic heterocycles. The molecule has 2 atom stereocenters. The number of amides is 1. The maximum atomic E-state index is 14.7. The van der Waals surface area contributed by atoms with Crippen molar-refractivity contribution in [1.29, 1.82) is 0 Å². The van der Waals surface area contributed by atoms with Crippen LogP contribution in [0.4, 0.5) is 20.6 Å². The van der Waals surface area contributed by atoms with Gasteiger partial charge in [0, 0.05) is 43.3 Å². The van der Waals surface area contributed by atoms with Gasteiger partial charge in [-0.1, -0.05) is 0 Å². The van der Waals surface area contributed by atoms with Crippen LogP contribution in [0.2, 0.25) is 0 Å². The highest BCUT2D eigenvalue weighted by atomic mass is 32.2.